The van der Waals surface area contributed by atoms with Crippen LogP contribution in [0.3, 0.4) is 0 Å². The number of hydrogen-bond acceptors (Lipinski definition) is 3. The third-order valence-electron chi connectivity index (χ3n) is 4.24. The Balaban J connectivity index is 1.91. The highest BCUT2D eigenvalue weighted by atomic mass is 16.4. The zero-order valence-corrected chi connectivity index (χ0v) is 12.8. The number of likely N-dealkylation sites (tertiary alicyclic amines) is 1. The van der Waals surface area contributed by atoms with E-state index in [0.717, 1.165) is 31.4 Å². The van der Waals surface area contributed by atoms with Crippen LogP contribution in [0.4, 0.5) is 0 Å². The van der Waals surface area contributed by atoms with Gasteiger partial charge < -0.3 is 14.4 Å². The fraction of sp³-hybridized carbons (Fsp3) is 0.333. The summed E-state index contributed by atoms with van der Waals surface area (Å²) in [6.45, 7) is 0.654. The van der Waals surface area contributed by atoms with Crippen LogP contribution in [-0.4, -0.2) is 28.4 Å². The highest BCUT2D eigenvalue weighted by Gasteiger charge is 2.29. The summed E-state index contributed by atoms with van der Waals surface area (Å²) in [5.41, 5.74) is 0.531. The van der Waals surface area contributed by atoms with Gasteiger partial charge in [0.05, 0.1) is 17.9 Å². The molecule has 1 saturated heterocycles. The summed E-state index contributed by atoms with van der Waals surface area (Å²) >= 11 is 0. The van der Waals surface area contributed by atoms with E-state index in [1.807, 2.05) is 17.0 Å². The van der Waals surface area contributed by atoms with Gasteiger partial charge in [-0.25, -0.2) is 4.79 Å². The fourth-order valence-electron chi connectivity index (χ4n) is 3.08. The molecule has 1 atom stereocenters. The Morgan fingerprint density at radius 2 is 1.91 bits per heavy atom. The lowest BCUT2D eigenvalue weighted by Crippen LogP contribution is -2.34. The van der Waals surface area contributed by atoms with Gasteiger partial charge in [0.2, 0.25) is 0 Å². The first-order valence-electron chi connectivity index (χ1n) is 7.84. The number of benzene rings is 1. The molecule has 1 aromatic carbocycles. The molecule has 1 unspecified atom stereocenters. The standard InChI is InChI=1S/C18H19NO4/c20-17(13-6-4-7-14(12-13)18(21)22)19-10-3-1-2-8-15(19)16-9-5-11-23-16/h4-7,9,11-12,15H,1-3,8,10H2,(H,21,22). The second-order valence-corrected chi connectivity index (χ2v) is 5.77. The van der Waals surface area contributed by atoms with Crippen molar-refractivity contribution in [1.29, 1.82) is 0 Å². The minimum Gasteiger partial charge on any atom is -0.478 e. The zero-order chi connectivity index (χ0) is 16.2. The Bertz CT molecular complexity index is 693. The Kier molecular flexibility index (Phi) is 4.46. The normalized spacial score (nSPS) is 18.4. The van der Waals surface area contributed by atoms with Crippen LogP contribution in [0.2, 0.25) is 0 Å². The van der Waals surface area contributed by atoms with Crippen LogP contribution in [0.25, 0.3) is 0 Å². The number of aromatic carboxylic acids is 1. The van der Waals surface area contributed by atoms with Crippen molar-refractivity contribution in [3.63, 3.8) is 0 Å². The van der Waals surface area contributed by atoms with Crippen LogP contribution in [0.15, 0.2) is 47.1 Å². The molecule has 120 valence electrons. The summed E-state index contributed by atoms with van der Waals surface area (Å²) in [6, 6.07) is 9.83. The minimum atomic E-state index is -1.03. The highest BCUT2D eigenvalue weighted by molar-refractivity contribution is 5.97. The molecule has 0 spiro atoms. The zero-order valence-electron chi connectivity index (χ0n) is 12.8. The van der Waals surface area contributed by atoms with Crippen LogP contribution in [0, 0.1) is 0 Å². The molecule has 0 radical (unpaired) electrons. The number of amides is 1. The predicted octanol–water partition coefficient (Wildman–Crippen LogP) is 3.74. The van der Waals surface area contributed by atoms with E-state index in [-0.39, 0.29) is 17.5 Å². The Hall–Kier alpha value is -2.56. The first-order chi connectivity index (χ1) is 11.2. The molecule has 23 heavy (non-hydrogen) atoms. The predicted molar refractivity (Wildman–Crippen MR) is 84.4 cm³/mol. The van der Waals surface area contributed by atoms with Gasteiger partial charge in [-0.05, 0) is 43.2 Å². The molecule has 1 aromatic heterocycles. The van der Waals surface area contributed by atoms with Gasteiger partial charge in [-0.1, -0.05) is 18.9 Å². The monoisotopic (exact) mass is 313 g/mol. The number of hydrogen-bond donors (Lipinski definition) is 1. The van der Waals surface area contributed by atoms with Gasteiger partial charge in [0.1, 0.15) is 5.76 Å². The fourth-order valence-corrected chi connectivity index (χ4v) is 3.08. The van der Waals surface area contributed by atoms with E-state index in [9.17, 15) is 9.59 Å². The Morgan fingerprint density at radius 1 is 1.09 bits per heavy atom. The van der Waals surface area contributed by atoms with Crippen LogP contribution in [0.5, 0.6) is 0 Å². The van der Waals surface area contributed by atoms with Gasteiger partial charge in [0.25, 0.3) is 5.91 Å². The maximum absolute atomic E-state index is 12.9. The van der Waals surface area contributed by atoms with E-state index in [1.54, 1.807) is 18.4 Å². The second kappa shape index (κ2) is 6.69. The molecule has 1 aliphatic heterocycles. The van der Waals surface area contributed by atoms with Gasteiger partial charge in [-0.2, -0.15) is 0 Å². The smallest absolute Gasteiger partial charge is 0.335 e. The van der Waals surface area contributed by atoms with Gasteiger partial charge in [0.15, 0.2) is 0 Å². The first-order valence-corrected chi connectivity index (χ1v) is 7.84. The van der Waals surface area contributed by atoms with E-state index in [4.69, 9.17) is 9.52 Å². The summed E-state index contributed by atoms with van der Waals surface area (Å²) in [7, 11) is 0. The van der Waals surface area contributed by atoms with E-state index in [1.165, 1.54) is 12.1 Å². The number of furan rings is 1. The number of carboxylic acids is 1. The number of nitrogens with zero attached hydrogens (tertiary/aromatic N) is 1. The Labute approximate surface area is 134 Å². The van der Waals surface area contributed by atoms with Crippen LogP contribution in [-0.2, 0) is 0 Å². The number of carbonyl (C=O) groups is 2. The largest absolute Gasteiger partial charge is 0.478 e. The summed E-state index contributed by atoms with van der Waals surface area (Å²) in [5, 5.41) is 9.11. The molecular weight excluding hydrogens is 294 g/mol. The van der Waals surface area contributed by atoms with Crippen molar-refractivity contribution in [1.82, 2.24) is 4.90 Å². The summed E-state index contributed by atoms with van der Waals surface area (Å²) in [4.78, 5) is 25.9. The highest BCUT2D eigenvalue weighted by Crippen LogP contribution is 2.31. The quantitative estimate of drug-likeness (QED) is 0.937. The average Bonchev–Trinajstić information content (AvgIpc) is 2.99. The second-order valence-electron chi connectivity index (χ2n) is 5.77. The molecule has 3 rings (SSSR count). The van der Waals surface area contributed by atoms with Crippen molar-refractivity contribution in [3.05, 3.63) is 59.5 Å². The van der Waals surface area contributed by atoms with Crippen molar-refractivity contribution in [2.24, 2.45) is 0 Å². The molecule has 1 fully saturated rings. The molecule has 1 aliphatic rings. The van der Waals surface area contributed by atoms with Crippen LogP contribution >= 0.6 is 0 Å². The summed E-state index contributed by atoms with van der Waals surface area (Å²) in [6.07, 6.45) is 5.55. The van der Waals surface area contributed by atoms with Crippen molar-refractivity contribution in [2.45, 2.75) is 31.7 Å². The SMILES string of the molecule is O=C(O)c1cccc(C(=O)N2CCCCCC2c2ccco2)c1. The molecule has 0 bridgehead atoms. The maximum atomic E-state index is 12.9. The lowest BCUT2D eigenvalue weighted by molar-refractivity contribution is 0.0658. The number of carbonyl (C=O) groups excluding carboxylic acids is 1. The minimum absolute atomic E-state index is 0.0894. The molecule has 2 heterocycles. The molecular formula is C18H19NO4. The lowest BCUT2D eigenvalue weighted by atomic mass is 10.1. The third-order valence-corrected chi connectivity index (χ3v) is 4.24. The molecule has 0 aliphatic carbocycles. The van der Waals surface area contributed by atoms with Crippen LogP contribution < -0.4 is 0 Å². The Morgan fingerprint density at radius 3 is 2.65 bits per heavy atom. The number of rotatable bonds is 3. The molecule has 1 N–H and O–H groups in total. The van der Waals surface area contributed by atoms with E-state index in [2.05, 4.69) is 0 Å². The van der Waals surface area contributed by atoms with Gasteiger partial charge in [-0.3, -0.25) is 4.79 Å². The maximum Gasteiger partial charge on any atom is 0.335 e. The molecule has 1 amide bonds. The van der Waals surface area contributed by atoms with E-state index in [0.29, 0.717) is 12.1 Å². The van der Waals surface area contributed by atoms with Crippen molar-refractivity contribution in [3.8, 4) is 0 Å². The van der Waals surface area contributed by atoms with Crippen LogP contribution in [0.1, 0.15) is 58.2 Å². The van der Waals surface area contributed by atoms with E-state index < -0.39 is 5.97 Å². The molecule has 5 nitrogen and oxygen atoms in total. The third kappa shape index (κ3) is 3.28. The van der Waals surface area contributed by atoms with Crippen molar-refractivity contribution >= 4 is 11.9 Å². The molecule has 0 saturated carbocycles. The van der Waals surface area contributed by atoms with Crippen molar-refractivity contribution < 1.29 is 19.1 Å². The summed E-state index contributed by atoms with van der Waals surface area (Å²) in [5.74, 6) is -0.385. The topological polar surface area (TPSA) is 70.8 Å². The number of carboxylic acid groups (broad SMARTS) is 1. The average molecular weight is 313 g/mol. The molecule has 5 heteroatoms. The first kappa shape index (κ1) is 15.3. The van der Waals surface area contributed by atoms with Gasteiger partial charge in [-0.15, -0.1) is 0 Å². The van der Waals surface area contributed by atoms with E-state index >= 15 is 0 Å². The summed E-state index contributed by atoms with van der Waals surface area (Å²) < 4.78 is 5.52. The van der Waals surface area contributed by atoms with Crippen molar-refractivity contribution in [2.75, 3.05) is 6.54 Å². The van der Waals surface area contributed by atoms with Gasteiger partial charge in [0, 0.05) is 12.1 Å². The van der Waals surface area contributed by atoms with Gasteiger partial charge >= 0.3 is 5.97 Å². The lowest BCUT2D eigenvalue weighted by Gasteiger charge is -2.28. The molecule has 2 aromatic rings.